The number of halogens is 1. The summed E-state index contributed by atoms with van der Waals surface area (Å²) in [6.07, 6.45) is 2.49. The van der Waals surface area contributed by atoms with Gasteiger partial charge in [-0.2, -0.15) is 5.10 Å². The highest BCUT2D eigenvalue weighted by molar-refractivity contribution is 9.11. The highest BCUT2D eigenvalue weighted by atomic mass is 79.9. The summed E-state index contributed by atoms with van der Waals surface area (Å²) in [6.45, 7) is 0. The third kappa shape index (κ3) is 2.43. The summed E-state index contributed by atoms with van der Waals surface area (Å²) >= 11 is 5.12. The van der Waals surface area contributed by atoms with Gasteiger partial charge in [0, 0.05) is 16.9 Å². The second kappa shape index (κ2) is 4.96. The molecule has 5 nitrogen and oxygen atoms in total. The van der Waals surface area contributed by atoms with E-state index in [2.05, 4.69) is 37.6 Å². The Hall–Kier alpha value is -0.890. The first-order valence-corrected chi connectivity index (χ1v) is 6.30. The zero-order chi connectivity index (χ0) is 11.5. The quantitative estimate of drug-likeness (QED) is 0.509. The monoisotopic (exact) mass is 301 g/mol. The van der Waals surface area contributed by atoms with Gasteiger partial charge in [0.1, 0.15) is 5.82 Å². The van der Waals surface area contributed by atoms with Crippen molar-refractivity contribution >= 4 is 33.1 Å². The maximum absolute atomic E-state index is 5.76. The Bertz CT molecular complexity index is 466. The molecule has 0 aliphatic heterocycles. The molecule has 1 atom stereocenters. The molecule has 0 aromatic carbocycles. The molecule has 0 aliphatic rings. The molecule has 0 amide bonds. The molecule has 0 bridgehead atoms. The van der Waals surface area contributed by atoms with Gasteiger partial charge in [0.25, 0.3) is 0 Å². The Kier molecular flexibility index (Phi) is 3.59. The van der Waals surface area contributed by atoms with Crippen LogP contribution in [0.5, 0.6) is 0 Å². The van der Waals surface area contributed by atoms with E-state index in [1.807, 2.05) is 6.07 Å². The maximum atomic E-state index is 5.76. The number of nitrogens with two attached hydrogens (primary N) is 2. The number of thiophene rings is 1. The first-order valence-electron chi connectivity index (χ1n) is 4.69. The van der Waals surface area contributed by atoms with Gasteiger partial charge in [-0.3, -0.25) is 16.4 Å². The van der Waals surface area contributed by atoms with E-state index in [1.165, 1.54) is 4.88 Å². The third-order valence-electron chi connectivity index (χ3n) is 2.31. The van der Waals surface area contributed by atoms with E-state index < -0.39 is 0 Å². The van der Waals surface area contributed by atoms with E-state index >= 15 is 0 Å². The predicted octanol–water partition coefficient (Wildman–Crippen LogP) is 1.56. The molecule has 2 rings (SSSR count). The lowest BCUT2D eigenvalue weighted by molar-refractivity contribution is 0.557. The smallest absolute Gasteiger partial charge is 0.123 e. The van der Waals surface area contributed by atoms with Gasteiger partial charge in [-0.1, -0.05) is 0 Å². The average Bonchev–Trinajstić information content (AvgIpc) is 2.84. The van der Waals surface area contributed by atoms with Gasteiger partial charge < -0.3 is 5.73 Å². The number of aromatic amines is 1. The minimum absolute atomic E-state index is 0.0238. The van der Waals surface area contributed by atoms with Crippen molar-refractivity contribution in [3.63, 3.8) is 0 Å². The summed E-state index contributed by atoms with van der Waals surface area (Å²) < 4.78 is 1.11. The SMILES string of the molecule is NNC(Cc1ccc(Br)s1)c1cn[nH]c1N. The summed E-state index contributed by atoms with van der Waals surface area (Å²) in [5.74, 6) is 6.09. The van der Waals surface area contributed by atoms with Crippen molar-refractivity contribution in [1.82, 2.24) is 15.6 Å². The van der Waals surface area contributed by atoms with Gasteiger partial charge in [0.2, 0.25) is 0 Å². The van der Waals surface area contributed by atoms with E-state index in [0.29, 0.717) is 5.82 Å². The molecular weight excluding hydrogens is 290 g/mol. The molecule has 1 unspecified atom stereocenters. The molecule has 2 aromatic heterocycles. The molecule has 6 N–H and O–H groups in total. The van der Waals surface area contributed by atoms with Crippen LogP contribution in [-0.2, 0) is 6.42 Å². The predicted molar refractivity (Wildman–Crippen MR) is 68.8 cm³/mol. The molecule has 16 heavy (non-hydrogen) atoms. The van der Waals surface area contributed by atoms with E-state index in [0.717, 1.165) is 15.8 Å². The zero-order valence-electron chi connectivity index (χ0n) is 8.40. The molecule has 0 saturated heterocycles. The molecule has 7 heteroatoms. The minimum Gasteiger partial charge on any atom is -0.384 e. The van der Waals surface area contributed by atoms with Crippen molar-refractivity contribution in [2.75, 3.05) is 5.73 Å². The van der Waals surface area contributed by atoms with Crippen LogP contribution in [0.3, 0.4) is 0 Å². The molecule has 0 radical (unpaired) electrons. The number of nitrogens with zero attached hydrogens (tertiary/aromatic N) is 1. The van der Waals surface area contributed by atoms with Crippen LogP contribution in [-0.4, -0.2) is 10.2 Å². The number of nitrogens with one attached hydrogen (secondary N) is 2. The lowest BCUT2D eigenvalue weighted by Gasteiger charge is -2.13. The second-order valence-corrected chi connectivity index (χ2v) is 5.92. The van der Waals surface area contributed by atoms with Gasteiger partial charge in [0.15, 0.2) is 0 Å². The molecule has 0 spiro atoms. The Morgan fingerprint density at radius 2 is 2.38 bits per heavy atom. The van der Waals surface area contributed by atoms with Crippen molar-refractivity contribution in [2.45, 2.75) is 12.5 Å². The van der Waals surface area contributed by atoms with Crippen LogP contribution in [0.4, 0.5) is 5.82 Å². The number of hydrazine groups is 1. The highest BCUT2D eigenvalue weighted by Gasteiger charge is 2.15. The fraction of sp³-hybridized carbons (Fsp3) is 0.222. The number of nitrogen functional groups attached to an aromatic ring is 1. The summed E-state index contributed by atoms with van der Waals surface area (Å²) in [5, 5.41) is 6.59. The topological polar surface area (TPSA) is 92.7 Å². The lowest BCUT2D eigenvalue weighted by Crippen LogP contribution is -2.29. The van der Waals surface area contributed by atoms with Crippen LogP contribution in [0.2, 0.25) is 0 Å². The van der Waals surface area contributed by atoms with E-state index in [4.69, 9.17) is 11.6 Å². The molecule has 0 saturated carbocycles. The number of hydrogen-bond donors (Lipinski definition) is 4. The highest BCUT2D eigenvalue weighted by Crippen LogP contribution is 2.27. The van der Waals surface area contributed by atoms with Gasteiger partial charge in [-0.05, 0) is 28.1 Å². The van der Waals surface area contributed by atoms with Crippen molar-refractivity contribution < 1.29 is 0 Å². The van der Waals surface area contributed by atoms with Crippen LogP contribution in [0.15, 0.2) is 22.1 Å². The fourth-order valence-corrected chi connectivity index (χ4v) is 3.03. The molecular formula is C9H12BrN5S. The fourth-order valence-electron chi connectivity index (χ4n) is 1.50. The molecule has 0 aliphatic carbocycles. The van der Waals surface area contributed by atoms with Crippen LogP contribution in [0, 0.1) is 0 Å². The number of anilines is 1. The maximum Gasteiger partial charge on any atom is 0.123 e. The number of H-pyrrole nitrogens is 1. The normalized spacial score (nSPS) is 12.9. The summed E-state index contributed by atoms with van der Waals surface area (Å²) in [4.78, 5) is 1.23. The van der Waals surface area contributed by atoms with Crippen LogP contribution in [0.1, 0.15) is 16.5 Å². The van der Waals surface area contributed by atoms with Crippen molar-refractivity contribution in [3.8, 4) is 0 Å². The van der Waals surface area contributed by atoms with Gasteiger partial charge in [0.05, 0.1) is 16.0 Å². The van der Waals surface area contributed by atoms with Gasteiger partial charge >= 0.3 is 0 Å². The number of aromatic nitrogens is 2. The van der Waals surface area contributed by atoms with E-state index in [9.17, 15) is 0 Å². The van der Waals surface area contributed by atoms with Gasteiger partial charge in [-0.15, -0.1) is 11.3 Å². The molecule has 2 aromatic rings. The molecule has 2 heterocycles. The second-order valence-electron chi connectivity index (χ2n) is 3.37. The third-order valence-corrected chi connectivity index (χ3v) is 3.96. The molecule has 86 valence electrons. The summed E-state index contributed by atoms with van der Waals surface area (Å²) in [6, 6.07) is 4.06. The van der Waals surface area contributed by atoms with Gasteiger partial charge in [-0.25, -0.2) is 0 Å². The minimum atomic E-state index is -0.0238. The zero-order valence-corrected chi connectivity index (χ0v) is 10.8. The first kappa shape index (κ1) is 11.6. The Morgan fingerprint density at radius 3 is 2.88 bits per heavy atom. The lowest BCUT2D eigenvalue weighted by atomic mass is 10.1. The van der Waals surface area contributed by atoms with Crippen molar-refractivity contribution in [1.29, 1.82) is 0 Å². The van der Waals surface area contributed by atoms with Crippen molar-refractivity contribution in [2.24, 2.45) is 5.84 Å². The number of hydrogen-bond acceptors (Lipinski definition) is 5. The summed E-state index contributed by atoms with van der Waals surface area (Å²) in [7, 11) is 0. The Labute approximate surface area is 105 Å². The van der Waals surface area contributed by atoms with Crippen LogP contribution < -0.4 is 17.0 Å². The Balaban J connectivity index is 2.15. The number of rotatable bonds is 4. The summed E-state index contributed by atoms with van der Waals surface area (Å²) in [5.41, 5.74) is 9.41. The average molecular weight is 302 g/mol. The van der Waals surface area contributed by atoms with Crippen LogP contribution >= 0.6 is 27.3 Å². The standard InChI is InChI=1S/C9H12BrN5S/c10-8-2-1-5(16-8)3-7(14-12)6-4-13-15-9(6)11/h1-2,4,7,14H,3,12H2,(H3,11,13,15). The first-order chi connectivity index (χ1) is 7.70. The van der Waals surface area contributed by atoms with Crippen LogP contribution in [0.25, 0.3) is 0 Å². The largest absolute Gasteiger partial charge is 0.384 e. The van der Waals surface area contributed by atoms with E-state index in [-0.39, 0.29) is 6.04 Å². The van der Waals surface area contributed by atoms with Crippen molar-refractivity contribution in [3.05, 3.63) is 32.6 Å². The molecule has 0 fully saturated rings. The Morgan fingerprint density at radius 1 is 1.56 bits per heavy atom. The van der Waals surface area contributed by atoms with E-state index in [1.54, 1.807) is 17.5 Å².